The van der Waals surface area contributed by atoms with E-state index in [1.165, 1.54) is 13.8 Å². The van der Waals surface area contributed by atoms with Gasteiger partial charge in [0, 0.05) is 19.4 Å². The van der Waals surface area contributed by atoms with Gasteiger partial charge in [0.2, 0.25) is 0 Å². The molecule has 32 heavy (non-hydrogen) atoms. The topological polar surface area (TPSA) is 89.5 Å². The number of ether oxygens (including phenoxy) is 6. The zero-order chi connectivity index (χ0) is 22.5. The molecule has 2 aromatic carbocycles. The Kier molecular flexibility index (Phi) is 7.16. The lowest BCUT2D eigenvalue weighted by atomic mass is 9.97. The van der Waals surface area contributed by atoms with E-state index in [1.54, 1.807) is 0 Å². The number of carbonyl (C=O) groups excluding carboxylic acids is 2. The van der Waals surface area contributed by atoms with E-state index in [0.29, 0.717) is 0 Å². The monoisotopic (exact) mass is 442 g/mol. The molecule has 6 atom stereocenters. The third kappa shape index (κ3) is 5.34. The molecule has 2 saturated heterocycles. The standard InChI is InChI=1S/C24H26O8/c1-15(25)29-21-20-19(14-28-23(32-20)18-11-7-4-8-12-18)31-24(22(21)30-16(2)26)27-13-17-9-5-3-6-10-17/h3-12,19-24H,13-14H2,1-2H3/t19-,20-,21+,22-,23-,24-/m1/s1. The van der Waals surface area contributed by atoms with Gasteiger partial charge < -0.3 is 28.4 Å². The number of fused-ring (bicyclic) bond motifs is 1. The second-order valence-electron chi connectivity index (χ2n) is 7.66. The van der Waals surface area contributed by atoms with Crippen molar-refractivity contribution >= 4 is 11.9 Å². The fourth-order valence-electron chi connectivity index (χ4n) is 3.86. The van der Waals surface area contributed by atoms with Crippen LogP contribution in [-0.2, 0) is 44.6 Å². The highest BCUT2D eigenvalue weighted by Crippen LogP contribution is 2.37. The molecule has 2 aliphatic heterocycles. The summed E-state index contributed by atoms with van der Waals surface area (Å²) in [4.78, 5) is 23.8. The van der Waals surface area contributed by atoms with Crippen LogP contribution in [0.2, 0.25) is 0 Å². The summed E-state index contributed by atoms with van der Waals surface area (Å²) in [5, 5.41) is 0. The second kappa shape index (κ2) is 10.2. The van der Waals surface area contributed by atoms with Crippen LogP contribution in [0.15, 0.2) is 60.7 Å². The molecular weight excluding hydrogens is 416 g/mol. The summed E-state index contributed by atoms with van der Waals surface area (Å²) in [6.45, 7) is 2.99. The highest BCUT2D eigenvalue weighted by molar-refractivity contribution is 5.67. The summed E-state index contributed by atoms with van der Waals surface area (Å²) in [5.41, 5.74) is 1.74. The van der Waals surface area contributed by atoms with Crippen LogP contribution < -0.4 is 0 Å². The lowest BCUT2D eigenvalue weighted by molar-refractivity contribution is -0.363. The Morgan fingerprint density at radius 2 is 1.50 bits per heavy atom. The van der Waals surface area contributed by atoms with E-state index in [2.05, 4.69) is 0 Å². The molecule has 0 spiro atoms. The third-order valence-electron chi connectivity index (χ3n) is 5.22. The molecule has 0 aromatic heterocycles. The average molecular weight is 442 g/mol. The quantitative estimate of drug-likeness (QED) is 0.631. The molecule has 0 bridgehead atoms. The number of benzene rings is 2. The van der Waals surface area contributed by atoms with Crippen LogP contribution in [0.5, 0.6) is 0 Å². The first-order chi connectivity index (χ1) is 15.5. The molecule has 0 N–H and O–H groups in total. The SMILES string of the molecule is CC(=O)O[C@@H]1[C@@H](OC(C)=O)[C@H](OCc2ccccc2)O[C@@H]2CO[C@@H](c3ccccc3)O[C@@H]12. The Balaban J connectivity index is 1.57. The van der Waals surface area contributed by atoms with Gasteiger partial charge in [-0.2, -0.15) is 0 Å². The van der Waals surface area contributed by atoms with Crippen LogP contribution in [0.4, 0.5) is 0 Å². The van der Waals surface area contributed by atoms with Gasteiger partial charge in [0.25, 0.3) is 0 Å². The van der Waals surface area contributed by atoms with Crippen molar-refractivity contribution in [3.63, 3.8) is 0 Å². The third-order valence-corrected chi connectivity index (χ3v) is 5.22. The van der Waals surface area contributed by atoms with Gasteiger partial charge in [-0.25, -0.2) is 0 Å². The van der Waals surface area contributed by atoms with E-state index in [4.69, 9.17) is 28.4 Å². The summed E-state index contributed by atoms with van der Waals surface area (Å²) < 4.78 is 35.1. The summed E-state index contributed by atoms with van der Waals surface area (Å²) >= 11 is 0. The van der Waals surface area contributed by atoms with E-state index in [0.717, 1.165) is 11.1 Å². The molecule has 2 aliphatic rings. The van der Waals surface area contributed by atoms with Gasteiger partial charge in [0.15, 0.2) is 24.8 Å². The van der Waals surface area contributed by atoms with Gasteiger partial charge in [0.05, 0.1) is 13.2 Å². The minimum Gasteiger partial charge on any atom is -0.455 e. The fraction of sp³-hybridized carbons (Fsp3) is 0.417. The smallest absolute Gasteiger partial charge is 0.303 e. The van der Waals surface area contributed by atoms with Crippen molar-refractivity contribution in [2.75, 3.05) is 6.61 Å². The molecule has 170 valence electrons. The first-order valence-corrected chi connectivity index (χ1v) is 10.5. The first kappa shape index (κ1) is 22.4. The van der Waals surface area contributed by atoms with Crippen molar-refractivity contribution in [1.82, 2.24) is 0 Å². The van der Waals surface area contributed by atoms with Crippen LogP contribution in [0.3, 0.4) is 0 Å². The zero-order valence-electron chi connectivity index (χ0n) is 17.9. The van der Waals surface area contributed by atoms with E-state index in [9.17, 15) is 9.59 Å². The molecule has 2 aromatic rings. The highest BCUT2D eigenvalue weighted by Gasteiger charge is 2.53. The van der Waals surface area contributed by atoms with Crippen molar-refractivity contribution in [2.45, 2.75) is 57.5 Å². The lowest BCUT2D eigenvalue weighted by Gasteiger charge is -2.48. The predicted molar refractivity (Wildman–Crippen MR) is 111 cm³/mol. The molecule has 0 aliphatic carbocycles. The summed E-state index contributed by atoms with van der Waals surface area (Å²) in [6.07, 6.45) is -4.85. The Morgan fingerprint density at radius 3 is 2.16 bits per heavy atom. The van der Waals surface area contributed by atoms with Gasteiger partial charge >= 0.3 is 11.9 Å². The van der Waals surface area contributed by atoms with Gasteiger partial charge in [-0.15, -0.1) is 0 Å². The zero-order valence-corrected chi connectivity index (χ0v) is 17.9. The van der Waals surface area contributed by atoms with Crippen molar-refractivity contribution in [3.8, 4) is 0 Å². The Labute approximate surface area is 186 Å². The van der Waals surface area contributed by atoms with Crippen molar-refractivity contribution in [2.24, 2.45) is 0 Å². The van der Waals surface area contributed by atoms with Crippen LogP contribution in [0, 0.1) is 0 Å². The van der Waals surface area contributed by atoms with E-state index in [-0.39, 0.29) is 13.2 Å². The molecule has 8 heteroatoms. The molecule has 2 heterocycles. The molecule has 8 nitrogen and oxygen atoms in total. The van der Waals surface area contributed by atoms with Crippen molar-refractivity contribution in [1.29, 1.82) is 0 Å². The van der Waals surface area contributed by atoms with Gasteiger partial charge in [-0.1, -0.05) is 60.7 Å². The number of hydrogen-bond donors (Lipinski definition) is 0. The van der Waals surface area contributed by atoms with Gasteiger partial charge in [-0.05, 0) is 5.56 Å². The van der Waals surface area contributed by atoms with Crippen molar-refractivity contribution in [3.05, 3.63) is 71.8 Å². The number of carbonyl (C=O) groups is 2. The molecule has 0 amide bonds. The molecule has 0 radical (unpaired) electrons. The maximum absolute atomic E-state index is 11.9. The summed E-state index contributed by atoms with van der Waals surface area (Å²) in [7, 11) is 0. The molecule has 0 unspecified atom stereocenters. The highest BCUT2D eigenvalue weighted by atomic mass is 16.8. The number of rotatable bonds is 6. The molecular formula is C24H26O8. The van der Waals surface area contributed by atoms with Crippen LogP contribution >= 0.6 is 0 Å². The molecule has 2 fully saturated rings. The van der Waals surface area contributed by atoms with Gasteiger partial charge in [-0.3, -0.25) is 9.59 Å². The number of esters is 2. The Bertz CT molecular complexity index is 903. The summed E-state index contributed by atoms with van der Waals surface area (Å²) in [6, 6.07) is 18.9. The van der Waals surface area contributed by atoms with Crippen molar-refractivity contribution < 1.29 is 38.0 Å². The van der Waals surface area contributed by atoms with E-state index in [1.807, 2.05) is 60.7 Å². The largest absolute Gasteiger partial charge is 0.455 e. The van der Waals surface area contributed by atoms with E-state index >= 15 is 0 Å². The van der Waals surface area contributed by atoms with Gasteiger partial charge in [0.1, 0.15) is 12.2 Å². The van der Waals surface area contributed by atoms with E-state index < -0.39 is 48.9 Å². The van der Waals surface area contributed by atoms with Crippen LogP contribution in [-0.4, -0.2) is 49.3 Å². The lowest BCUT2D eigenvalue weighted by Crippen LogP contribution is -2.64. The average Bonchev–Trinajstić information content (AvgIpc) is 2.80. The minimum atomic E-state index is -1.00. The maximum atomic E-state index is 11.9. The van der Waals surface area contributed by atoms with Crippen LogP contribution in [0.25, 0.3) is 0 Å². The predicted octanol–water partition coefficient (Wildman–Crippen LogP) is 2.91. The minimum absolute atomic E-state index is 0.194. The fourth-order valence-corrected chi connectivity index (χ4v) is 3.86. The second-order valence-corrected chi connectivity index (χ2v) is 7.66. The van der Waals surface area contributed by atoms with Crippen LogP contribution in [0.1, 0.15) is 31.3 Å². The normalized spacial score (nSPS) is 29.6. The maximum Gasteiger partial charge on any atom is 0.303 e. The summed E-state index contributed by atoms with van der Waals surface area (Å²) in [5.74, 6) is -1.07. The molecule has 4 rings (SSSR count). The Hall–Kier alpha value is -2.78. The Morgan fingerprint density at radius 1 is 0.875 bits per heavy atom. The molecule has 0 saturated carbocycles. The first-order valence-electron chi connectivity index (χ1n) is 10.5. The number of hydrogen-bond acceptors (Lipinski definition) is 8.